The zero-order valence-electron chi connectivity index (χ0n) is 3.39. The minimum atomic E-state index is -0.304. The third kappa shape index (κ3) is 0.667. The van der Waals surface area contributed by atoms with Gasteiger partial charge in [-0.1, -0.05) is 0 Å². The molecular weight excluding hydrogens is 115 g/mol. The molecule has 0 aliphatic carbocycles. The average molecular weight is 119 g/mol. The van der Waals surface area contributed by atoms with Crippen molar-refractivity contribution in [2.45, 2.75) is 0 Å². The Labute approximate surface area is 44.6 Å². The molecule has 0 saturated carbocycles. The summed E-state index contributed by atoms with van der Waals surface area (Å²) >= 11 is 5.20. The van der Waals surface area contributed by atoms with Crippen LogP contribution in [0, 0.1) is 0 Å². The number of aromatic nitrogens is 2. The van der Waals surface area contributed by atoms with Crippen molar-refractivity contribution in [3.05, 3.63) is 22.9 Å². The number of nitrogens with one attached hydrogen (secondary N) is 1. The Morgan fingerprint density at radius 3 is 2.71 bits per heavy atom. The minimum absolute atomic E-state index is 0.304. The Morgan fingerprint density at radius 2 is 2.57 bits per heavy atom. The number of nitrogens with zero attached hydrogens (tertiary/aromatic N) is 1. The van der Waals surface area contributed by atoms with Crippen molar-refractivity contribution in [3.8, 4) is 0 Å². The fourth-order valence-electron chi connectivity index (χ4n) is 0.303. The molecule has 1 aromatic heterocycles. The summed E-state index contributed by atoms with van der Waals surface area (Å²) in [6.07, 6.45) is 2.90. The summed E-state index contributed by atoms with van der Waals surface area (Å²) in [7, 11) is 0. The highest BCUT2D eigenvalue weighted by atomic mass is 35.5. The number of H-pyrrole nitrogens is 1. The van der Waals surface area contributed by atoms with Crippen LogP contribution < -0.4 is 5.69 Å². The summed E-state index contributed by atoms with van der Waals surface area (Å²) in [5, 5.41) is 0. The lowest BCUT2D eigenvalue weighted by molar-refractivity contribution is 1.11. The van der Waals surface area contributed by atoms with Gasteiger partial charge in [0.2, 0.25) is 0 Å². The molecule has 0 spiro atoms. The molecule has 3 nitrogen and oxygen atoms in total. The molecule has 0 aromatic carbocycles. The molecule has 0 aliphatic heterocycles. The number of hydrogen-bond donors (Lipinski definition) is 1. The van der Waals surface area contributed by atoms with E-state index in [1.807, 2.05) is 0 Å². The predicted octanol–water partition coefficient (Wildman–Crippen LogP) is 0.178. The van der Waals surface area contributed by atoms with E-state index in [0.717, 1.165) is 4.09 Å². The van der Waals surface area contributed by atoms with Gasteiger partial charge in [0.1, 0.15) is 0 Å². The van der Waals surface area contributed by atoms with Crippen molar-refractivity contribution < 1.29 is 0 Å². The topological polar surface area (TPSA) is 37.8 Å². The molecule has 0 amide bonds. The fraction of sp³-hybridized carbons (Fsp3) is 0. The first kappa shape index (κ1) is 4.46. The average Bonchev–Trinajstić information content (AvgIpc) is 1.91. The standard InChI is InChI=1S/C3H3ClN2O/c4-6-2-1-5-3(6)7/h1-2H,(H,5,7). The SMILES string of the molecule is O=c1[nH]ccn1Cl. The van der Waals surface area contributed by atoms with E-state index in [-0.39, 0.29) is 5.69 Å². The van der Waals surface area contributed by atoms with Crippen molar-refractivity contribution in [1.82, 2.24) is 9.07 Å². The van der Waals surface area contributed by atoms with Crippen LogP contribution in [-0.4, -0.2) is 9.07 Å². The van der Waals surface area contributed by atoms with Gasteiger partial charge in [0.15, 0.2) is 0 Å². The Bertz CT molecular complexity index is 201. The maximum absolute atomic E-state index is 10.2. The number of rotatable bonds is 0. The highest BCUT2D eigenvalue weighted by molar-refractivity contribution is 6.15. The summed E-state index contributed by atoms with van der Waals surface area (Å²) in [5.74, 6) is 0. The molecule has 1 aromatic rings. The Balaban J connectivity index is 3.39. The van der Waals surface area contributed by atoms with Gasteiger partial charge in [0.25, 0.3) is 0 Å². The zero-order chi connectivity index (χ0) is 5.28. The number of hydrogen-bond acceptors (Lipinski definition) is 1. The quantitative estimate of drug-likeness (QED) is 0.519. The van der Waals surface area contributed by atoms with E-state index in [9.17, 15) is 4.79 Å². The second kappa shape index (κ2) is 1.42. The van der Waals surface area contributed by atoms with Crippen LogP contribution in [0.15, 0.2) is 17.2 Å². The molecule has 0 fully saturated rings. The first-order chi connectivity index (χ1) is 3.30. The molecular formula is C3H3ClN2O. The van der Waals surface area contributed by atoms with E-state index in [0.29, 0.717) is 0 Å². The van der Waals surface area contributed by atoms with Gasteiger partial charge in [0.05, 0.1) is 0 Å². The lowest BCUT2D eigenvalue weighted by Gasteiger charge is -1.71. The monoisotopic (exact) mass is 118 g/mol. The third-order valence-corrected chi connectivity index (χ3v) is 0.872. The molecule has 0 bridgehead atoms. The van der Waals surface area contributed by atoms with Gasteiger partial charge < -0.3 is 4.98 Å². The highest BCUT2D eigenvalue weighted by Crippen LogP contribution is 1.76. The molecule has 1 N–H and O–H groups in total. The van der Waals surface area contributed by atoms with Crippen molar-refractivity contribution in [3.63, 3.8) is 0 Å². The molecule has 0 radical (unpaired) electrons. The van der Waals surface area contributed by atoms with Crippen LogP contribution in [-0.2, 0) is 0 Å². The first-order valence-corrected chi connectivity index (χ1v) is 2.07. The maximum atomic E-state index is 10.2. The Kier molecular flexibility index (Phi) is 0.906. The molecule has 0 aliphatic rings. The van der Waals surface area contributed by atoms with Crippen LogP contribution >= 0.6 is 11.8 Å². The number of imidazole rings is 1. The van der Waals surface area contributed by atoms with Crippen LogP contribution in [0.1, 0.15) is 0 Å². The van der Waals surface area contributed by atoms with E-state index in [4.69, 9.17) is 11.8 Å². The van der Waals surface area contributed by atoms with Crippen LogP contribution in [0.3, 0.4) is 0 Å². The Hall–Kier alpha value is -0.700. The lowest BCUT2D eigenvalue weighted by atomic mass is 11.0. The predicted molar refractivity (Wildman–Crippen MR) is 26.3 cm³/mol. The van der Waals surface area contributed by atoms with Crippen molar-refractivity contribution in [2.75, 3.05) is 0 Å². The molecule has 1 rings (SSSR count). The smallest absolute Gasteiger partial charge is 0.312 e. The van der Waals surface area contributed by atoms with Crippen molar-refractivity contribution in [1.29, 1.82) is 0 Å². The molecule has 1 heterocycles. The Morgan fingerprint density at radius 1 is 1.86 bits per heavy atom. The van der Waals surface area contributed by atoms with Gasteiger partial charge in [-0.3, -0.25) is 0 Å². The highest BCUT2D eigenvalue weighted by Gasteiger charge is 1.83. The van der Waals surface area contributed by atoms with E-state index >= 15 is 0 Å². The van der Waals surface area contributed by atoms with E-state index < -0.39 is 0 Å². The fourth-order valence-corrected chi connectivity index (χ4v) is 0.408. The van der Waals surface area contributed by atoms with Crippen molar-refractivity contribution in [2.24, 2.45) is 0 Å². The van der Waals surface area contributed by atoms with Gasteiger partial charge in [-0.25, -0.2) is 8.88 Å². The molecule has 0 unspecified atom stereocenters. The normalized spacial score (nSPS) is 9.29. The second-order valence-electron chi connectivity index (χ2n) is 1.08. The summed E-state index contributed by atoms with van der Waals surface area (Å²) < 4.78 is 0.944. The second-order valence-corrected chi connectivity index (χ2v) is 1.44. The van der Waals surface area contributed by atoms with Gasteiger partial charge in [-0.2, -0.15) is 0 Å². The van der Waals surface area contributed by atoms with Gasteiger partial charge in [-0.05, 0) is 0 Å². The van der Waals surface area contributed by atoms with Crippen LogP contribution in [0.4, 0.5) is 0 Å². The van der Waals surface area contributed by atoms with E-state index in [2.05, 4.69) is 4.98 Å². The number of aromatic amines is 1. The maximum Gasteiger partial charge on any atom is 0.340 e. The largest absolute Gasteiger partial charge is 0.340 e. The zero-order valence-corrected chi connectivity index (χ0v) is 4.14. The summed E-state index contributed by atoms with van der Waals surface area (Å²) in [6, 6.07) is 0. The molecule has 4 heteroatoms. The van der Waals surface area contributed by atoms with Crippen LogP contribution in [0.2, 0.25) is 0 Å². The van der Waals surface area contributed by atoms with Crippen LogP contribution in [0.25, 0.3) is 0 Å². The molecule has 38 valence electrons. The lowest BCUT2D eigenvalue weighted by Crippen LogP contribution is -2.06. The third-order valence-electron chi connectivity index (χ3n) is 0.606. The van der Waals surface area contributed by atoms with E-state index in [1.165, 1.54) is 12.4 Å². The van der Waals surface area contributed by atoms with Gasteiger partial charge in [0, 0.05) is 24.2 Å². The van der Waals surface area contributed by atoms with Crippen LogP contribution in [0.5, 0.6) is 0 Å². The minimum Gasteiger partial charge on any atom is -0.312 e. The van der Waals surface area contributed by atoms with Gasteiger partial charge >= 0.3 is 5.69 Å². The summed E-state index contributed by atoms with van der Waals surface area (Å²) in [4.78, 5) is 12.5. The van der Waals surface area contributed by atoms with Gasteiger partial charge in [-0.15, -0.1) is 0 Å². The van der Waals surface area contributed by atoms with E-state index in [1.54, 1.807) is 0 Å². The molecule has 7 heavy (non-hydrogen) atoms. The summed E-state index contributed by atoms with van der Waals surface area (Å²) in [5.41, 5.74) is -0.304. The first-order valence-electron chi connectivity index (χ1n) is 1.73. The number of halogens is 1. The molecule has 0 saturated heterocycles. The van der Waals surface area contributed by atoms with Crippen molar-refractivity contribution >= 4 is 11.8 Å². The molecule has 0 atom stereocenters. The summed E-state index contributed by atoms with van der Waals surface area (Å²) in [6.45, 7) is 0.